The SMILES string of the molecule is COCCOc1ccc(C(F)(F)F)cc1NC(=O)c1cccc(C#N)c1. The molecule has 1 amide bonds. The van der Waals surface area contributed by atoms with Crippen molar-refractivity contribution in [2.75, 3.05) is 25.6 Å². The van der Waals surface area contributed by atoms with E-state index < -0.39 is 17.6 Å². The average Bonchev–Trinajstić information content (AvgIpc) is 2.62. The molecule has 0 heterocycles. The minimum atomic E-state index is -4.56. The molecule has 2 aromatic rings. The topological polar surface area (TPSA) is 71.3 Å². The lowest BCUT2D eigenvalue weighted by Crippen LogP contribution is -2.15. The van der Waals surface area contributed by atoms with Crippen LogP contribution in [0.25, 0.3) is 0 Å². The predicted octanol–water partition coefficient (Wildman–Crippen LogP) is 3.85. The number of hydrogen-bond acceptors (Lipinski definition) is 4. The Labute approximate surface area is 148 Å². The van der Waals surface area contributed by atoms with Crippen LogP contribution in [-0.2, 0) is 10.9 Å². The van der Waals surface area contributed by atoms with Crippen LogP contribution in [0, 0.1) is 11.3 Å². The van der Waals surface area contributed by atoms with Crippen LogP contribution in [0.2, 0.25) is 0 Å². The Morgan fingerprint density at radius 1 is 1.19 bits per heavy atom. The van der Waals surface area contributed by atoms with E-state index >= 15 is 0 Å². The van der Waals surface area contributed by atoms with Gasteiger partial charge in [-0.05, 0) is 36.4 Å². The number of alkyl halides is 3. The van der Waals surface area contributed by atoms with Crippen LogP contribution in [0.15, 0.2) is 42.5 Å². The van der Waals surface area contributed by atoms with Crippen molar-refractivity contribution in [3.63, 3.8) is 0 Å². The molecule has 2 aromatic carbocycles. The number of benzene rings is 2. The fourth-order valence-electron chi connectivity index (χ4n) is 2.09. The molecule has 1 N–H and O–H groups in total. The maximum atomic E-state index is 13.0. The minimum Gasteiger partial charge on any atom is -0.489 e. The molecular formula is C18H15F3N2O3. The van der Waals surface area contributed by atoms with Gasteiger partial charge in [-0.3, -0.25) is 4.79 Å². The molecule has 2 rings (SSSR count). The standard InChI is InChI=1S/C18H15F3N2O3/c1-25-7-8-26-16-6-5-14(18(19,20)21)10-15(16)23-17(24)13-4-2-3-12(9-13)11-22/h2-6,9-10H,7-8H2,1H3,(H,23,24). The number of halogens is 3. The van der Waals surface area contributed by atoms with E-state index in [4.69, 9.17) is 14.7 Å². The number of carbonyl (C=O) groups is 1. The van der Waals surface area contributed by atoms with Crippen LogP contribution < -0.4 is 10.1 Å². The van der Waals surface area contributed by atoms with Crippen molar-refractivity contribution in [2.24, 2.45) is 0 Å². The van der Waals surface area contributed by atoms with Crippen molar-refractivity contribution in [1.82, 2.24) is 0 Å². The fraction of sp³-hybridized carbons (Fsp3) is 0.222. The molecule has 0 atom stereocenters. The number of nitriles is 1. The highest BCUT2D eigenvalue weighted by atomic mass is 19.4. The lowest BCUT2D eigenvalue weighted by Gasteiger charge is -2.15. The van der Waals surface area contributed by atoms with Gasteiger partial charge in [0.1, 0.15) is 12.4 Å². The van der Waals surface area contributed by atoms with E-state index in [9.17, 15) is 18.0 Å². The van der Waals surface area contributed by atoms with Crippen molar-refractivity contribution < 1.29 is 27.4 Å². The van der Waals surface area contributed by atoms with Gasteiger partial charge < -0.3 is 14.8 Å². The van der Waals surface area contributed by atoms with Gasteiger partial charge in [0.05, 0.1) is 29.5 Å². The van der Waals surface area contributed by atoms with E-state index in [0.29, 0.717) is 0 Å². The van der Waals surface area contributed by atoms with E-state index in [1.54, 1.807) is 0 Å². The summed E-state index contributed by atoms with van der Waals surface area (Å²) in [7, 11) is 1.46. The molecule has 0 aliphatic rings. The molecule has 0 fully saturated rings. The first kappa shape index (κ1) is 19.3. The van der Waals surface area contributed by atoms with Gasteiger partial charge in [0.2, 0.25) is 0 Å². The van der Waals surface area contributed by atoms with Crippen LogP contribution in [0.5, 0.6) is 5.75 Å². The molecule has 8 heteroatoms. The summed E-state index contributed by atoms with van der Waals surface area (Å²) in [5.74, 6) is -0.571. The Morgan fingerprint density at radius 3 is 2.62 bits per heavy atom. The first-order valence-electron chi connectivity index (χ1n) is 7.49. The molecule has 0 unspecified atom stereocenters. The molecule has 0 saturated heterocycles. The second-order valence-corrected chi connectivity index (χ2v) is 5.20. The van der Waals surface area contributed by atoms with E-state index in [2.05, 4.69) is 5.32 Å². The van der Waals surface area contributed by atoms with E-state index in [1.807, 2.05) is 6.07 Å². The largest absolute Gasteiger partial charge is 0.489 e. The number of methoxy groups -OCH3 is 1. The fourth-order valence-corrected chi connectivity index (χ4v) is 2.09. The summed E-state index contributed by atoms with van der Waals surface area (Å²) >= 11 is 0. The van der Waals surface area contributed by atoms with Crippen molar-refractivity contribution in [1.29, 1.82) is 5.26 Å². The lowest BCUT2D eigenvalue weighted by molar-refractivity contribution is -0.137. The first-order valence-corrected chi connectivity index (χ1v) is 7.49. The second kappa shape index (κ2) is 8.36. The van der Waals surface area contributed by atoms with Gasteiger partial charge in [-0.15, -0.1) is 0 Å². The summed E-state index contributed by atoms with van der Waals surface area (Å²) in [6.45, 7) is 0.341. The predicted molar refractivity (Wildman–Crippen MR) is 87.9 cm³/mol. The third-order valence-corrected chi connectivity index (χ3v) is 3.35. The molecular weight excluding hydrogens is 349 g/mol. The lowest BCUT2D eigenvalue weighted by atomic mass is 10.1. The third-order valence-electron chi connectivity index (χ3n) is 3.35. The Balaban J connectivity index is 2.31. The van der Waals surface area contributed by atoms with Gasteiger partial charge in [0, 0.05) is 12.7 Å². The van der Waals surface area contributed by atoms with E-state index in [-0.39, 0.29) is 35.8 Å². The molecule has 0 aromatic heterocycles. The number of nitrogens with zero attached hydrogens (tertiary/aromatic N) is 1. The summed E-state index contributed by atoms with van der Waals surface area (Å²) < 4.78 is 49.1. The highest BCUT2D eigenvalue weighted by Crippen LogP contribution is 2.35. The van der Waals surface area contributed by atoms with Gasteiger partial charge in [-0.25, -0.2) is 0 Å². The van der Waals surface area contributed by atoms with Crippen LogP contribution in [-0.4, -0.2) is 26.2 Å². The summed E-state index contributed by atoms with van der Waals surface area (Å²) in [6.07, 6.45) is -4.56. The number of ether oxygens (including phenoxy) is 2. The summed E-state index contributed by atoms with van der Waals surface area (Å²) in [6, 6.07) is 10.5. The monoisotopic (exact) mass is 364 g/mol. The van der Waals surface area contributed by atoms with Crippen molar-refractivity contribution in [3.05, 3.63) is 59.2 Å². The normalized spacial score (nSPS) is 10.9. The second-order valence-electron chi connectivity index (χ2n) is 5.20. The number of anilines is 1. The molecule has 136 valence electrons. The summed E-state index contributed by atoms with van der Waals surface area (Å²) in [5.41, 5.74) is -0.636. The Hall–Kier alpha value is -3.05. The van der Waals surface area contributed by atoms with E-state index in [1.165, 1.54) is 31.4 Å². The zero-order chi connectivity index (χ0) is 19.2. The molecule has 0 radical (unpaired) electrons. The van der Waals surface area contributed by atoms with Gasteiger partial charge in [-0.1, -0.05) is 6.07 Å². The molecule has 0 aliphatic carbocycles. The highest BCUT2D eigenvalue weighted by molar-refractivity contribution is 6.05. The van der Waals surface area contributed by atoms with Gasteiger partial charge >= 0.3 is 6.18 Å². The number of carbonyl (C=O) groups excluding carboxylic acids is 1. The van der Waals surface area contributed by atoms with Gasteiger partial charge in [0.25, 0.3) is 5.91 Å². The van der Waals surface area contributed by atoms with Crippen LogP contribution in [0.3, 0.4) is 0 Å². The summed E-state index contributed by atoms with van der Waals surface area (Å²) in [4.78, 5) is 12.3. The number of hydrogen-bond donors (Lipinski definition) is 1. The number of rotatable bonds is 6. The van der Waals surface area contributed by atoms with Crippen molar-refractivity contribution >= 4 is 11.6 Å². The van der Waals surface area contributed by atoms with Crippen LogP contribution in [0.1, 0.15) is 21.5 Å². The smallest absolute Gasteiger partial charge is 0.416 e. The molecule has 0 saturated carbocycles. The molecule has 5 nitrogen and oxygen atoms in total. The number of nitrogens with one attached hydrogen (secondary N) is 1. The number of amides is 1. The average molecular weight is 364 g/mol. The molecule has 26 heavy (non-hydrogen) atoms. The first-order chi connectivity index (χ1) is 12.3. The Morgan fingerprint density at radius 2 is 1.96 bits per heavy atom. The molecule has 0 bridgehead atoms. The Kier molecular flexibility index (Phi) is 6.20. The zero-order valence-corrected chi connectivity index (χ0v) is 13.8. The van der Waals surface area contributed by atoms with Crippen LogP contribution >= 0.6 is 0 Å². The minimum absolute atomic E-state index is 0.0832. The third kappa shape index (κ3) is 4.97. The van der Waals surface area contributed by atoms with Crippen LogP contribution in [0.4, 0.5) is 18.9 Å². The quantitative estimate of drug-likeness (QED) is 0.791. The summed E-state index contributed by atoms with van der Waals surface area (Å²) in [5, 5.41) is 11.3. The van der Waals surface area contributed by atoms with Crippen molar-refractivity contribution in [2.45, 2.75) is 6.18 Å². The van der Waals surface area contributed by atoms with Crippen molar-refractivity contribution in [3.8, 4) is 11.8 Å². The maximum Gasteiger partial charge on any atom is 0.416 e. The van der Waals surface area contributed by atoms with E-state index in [0.717, 1.165) is 18.2 Å². The van der Waals surface area contributed by atoms with Gasteiger partial charge in [-0.2, -0.15) is 18.4 Å². The maximum absolute atomic E-state index is 13.0. The zero-order valence-electron chi connectivity index (χ0n) is 13.8. The molecule has 0 aliphatic heterocycles. The highest BCUT2D eigenvalue weighted by Gasteiger charge is 2.31. The van der Waals surface area contributed by atoms with Gasteiger partial charge in [0.15, 0.2) is 0 Å². The Bertz CT molecular complexity index is 829. The molecule has 0 spiro atoms.